The molecule has 24 heavy (non-hydrogen) atoms. The van der Waals surface area contributed by atoms with E-state index in [2.05, 4.69) is 11.9 Å². The van der Waals surface area contributed by atoms with Crippen LogP contribution in [0.1, 0.15) is 16.7 Å². The lowest BCUT2D eigenvalue weighted by Gasteiger charge is -2.15. The van der Waals surface area contributed by atoms with Crippen molar-refractivity contribution in [1.82, 2.24) is 9.55 Å². The van der Waals surface area contributed by atoms with Gasteiger partial charge < -0.3 is 4.57 Å². The van der Waals surface area contributed by atoms with Crippen molar-refractivity contribution in [1.29, 1.82) is 0 Å². The summed E-state index contributed by atoms with van der Waals surface area (Å²) in [5.41, 5.74) is 4.71. The Kier molecular flexibility index (Phi) is 3.31. The average Bonchev–Trinajstić information content (AvgIpc) is 3.11. The van der Waals surface area contributed by atoms with Crippen LogP contribution in [0.15, 0.2) is 60.9 Å². The van der Waals surface area contributed by atoms with Crippen molar-refractivity contribution in [3.63, 3.8) is 0 Å². The summed E-state index contributed by atoms with van der Waals surface area (Å²) < 4.78 is 1.85. The summed E-state index contributed by atoms with van der Waals surface area (Å²) in [4.78, 5) is 19.1. The molecule has 4 rings (SSSR count). The zero-order chi connectivity index (χ0) is 16.7. The van der Waals surface area contributed by atoms with Crippen LogP contribution < -0.4 is 4.90 Å². The molecular formula is C20H17N3O. The van der Waals surface area contributed by atoms with E-state index < -0.39 is 0 Å². The predicted molar refractivity (Wildman–Crippen MR) is 95.8 cm³/mol. The van der Waals surface area contributed by atoms with Crippen LogP contribution in [-0.4, -0.2) is 15.5 Å². The fraction of sp³-hybridized carbons (Fsp3) is 0.100. The van der Waals surface area contributed by atoms with Crippen molar-refractivity contribution in [2.75, 3.05) is 4.90 Å². The molecule has 1 aliphatic rings. The molecule has 0 fully saturated rings. The lowest BCUT2D eigenvalue weighted by molar-refractivity contribution is -0.112. The first-order valence-electron chi connectivity index (χ1n) is 7.85. The molecule has 1 aliphatic heterocycles. The lowest BCUT2D eigenvalue weighted by atomic mass is 10.0. The van der Waals surface area contributed by atoms with Gasteiger partial charge in [0.1, 0.15) is 0 Å². The van der Waals surface area contributed by atoms with Gasteiger partial charge in [0.2, 0.25) is 5.95 Å². The number of hydrogen-bond donors (Lipinski definition) is 0. The molecule has 118 valence electrons. The molecule has 0 N–H and O–H groups in total. The SMILES string of the molecule is Cc1ccc(/C=C2\C(=O)N(c3nccn3C)c3ccccc32)cc1. The second kappa shape index (κ2) is 5.49. The number of carbonyl (C=O) groups is 1. The highest BCUT2D eigenvalue weighted by atomic mass is 16.2. The monoisotopic (exact) mass is 315 g/mol. The minimum Gasteiger partial charge on any atom is -0.320 e. The van der Waals surface area contributed by atoms with Crippen LogP contribution in [-0.2, 0) is 11.8 Å². The first-order chi connectivity index (χ1) is 11.6. The summed E-state index contributed by atoms with van der Waals surface area (Å²) in [6, 6.07) is 16.0. The lowest BCUT2D eigenvalue weighted by Crippen LogP contribution is -2.23. The Bertz CT molecular complexity index is 951. The quantitative estimate of drug-likeness (QED) is 0.672. The molecule has 1 amide bonds. The number of hydrogen-bond acceptors (Lipinski definition) is 2. The van der Waals surface area contributed by atoms with Gasteiger partial charge in [-0.2, -0.15) is 0 Å². The Morgan fingerprint density at radius 1 is 1.04 bits per heavy atom. The number of aryl methyl sites for hydroxylation is 2. The molecule has 0 saturated heterocycles. The van der Waals surface area contributed by atoms with Crippen molar-refractivity contribution in [3.05, 3.63) is 77.6 Å². The summed E-state index contributed by atoms with van der Waals surface area (Å²) in [5, 5.41) is 0. The highest BCUT2D eigenvalue weighted by Crippen LogP contribution is 2.41. The summed E-state index contributed by atoms with van der Waals surface area (Å²) in [7, 11) is 1.89. The van der Waals surface area contributed by atoms with Crippen LogP contribution in [0, 0.1) is 6.92 Å². The van der Waals surface area contributed by atoms with E-state index in [0.717, 1.165) is 16.8 Å². The summed E-state index contributed by atoms with van der Waals surface area (Å²) >= 11 is 0. The minimum absolute atomic E-state index is 0.0499. The molecule has 0 bridgehead atoms. The van der Waals surface area contributed by atoms with Gasteiger partial charge >= 0.3 is 0 Å². The number of benzene rings is 2. The van der Waals surface area contributed by atoms with Crippen LogP contribution in [0.2, 0.25) is 0 Å². The maximum Gasteiger partial charge on any atom is 0.265 e. The molecule has 0 saturated carbocycles. The molecule has 0 unspecified atom stereocenters. The Morgan fingerprint density at radius 3 is 2.50 bits per heavy atom. The highest BCUT2D eigenvalue weighted by Gasteiger charge is 2.35. The molecule has 0 aliphatic carbocycles. The molecule has 4 heteroatoms. The smallest absolute Gasteiger partial charge is 0.265 e. The standard InChI is InChI=1S/C20H17N3O/c1-14-7-9-15(10-8-14)13-17-16-5-3-4-6-18(16)23(19(17)24)20-21-11-12-22(20)2/h3-13H,1-2H3/b17-13-. The Hall–Kier alpha value is -3.14. The van der Waals surface area contributed by atoms with Crippen molar-refractivity contribution in [3.8, 4) is 0 Å². The van der Waals surface area contributed by atoms with Gasteiger partial charge in [-0.1, -0.05) is 48.0 Å². The number of rotatable bonds is 2. The normalized spacial score (nSPS) is 15.2. The second-order valence-corrected chi connectivity index (χ2v) is 5.96. The molecule has 4 nitrogen and oxygen atoms in total. The van der Waals surface area contributed by atoms with Crippen LogP contribution >= 0.6 is 0 Å². The second-order valence-electron chi connectivity index (χ2n) is 5.96. The number of fused-ring (bicyclic) bond motifs is 1. The van der Waals surface area contributed by atoms with Gasteiger partial charge in [0.15, 0.2) is 0 Å². The topological polar surface area (TPSA) is 38.1 Å². The number of imidazole rings is 1. The van der Waals surface area contributed by atoms with E-state index in [0.29, 0.717) is 11.5 Å². The van der Waals surface area contributed by atoms with Gasteiger partial charge in [-0.05, 0) is 24.6 Å². The molecule has 0 atom stereocenters. The molecule has 2 aromatic carbocycles. The number of aromatic nitrogens is 2. The number of para-hydroxylation sites is 1. The van der Waals surface area contributed by atoms with E-state index in [4.69, 9.17) is 0 Å². The largest absolute Gasteiger partial charge is 0.320 e. The maximum atomic E-state index is 13.1. The minimum atomic E-state index is -0.0499. The van der Waals surface area contributed by atoms with E-state index in [9.17, 15) is 4.79 Å². The summed E-state index contributed by atoms with van der Waals surface area (Å²) in [6.07, 6.45) is 5.49. The molecule has 2 heterocycles. The van der Waals surface area contributed by atoms with Gasteiger partial charge in [-0.25, -0.2) is 9.88 Å². The third-order valence-corrected chi connectivity index (χ3v) is 4.25. The van der Waals surface area contributed by atoms with Crippen molar-refractivity contribution in [2.24, 2.45) is 7.05 Å². The molecular weight excluding hydrogens is 298 g/mol. The Balaban J connectivity index is 1.86. The molecule has 0 spiro atoms. The van der Waals surface area contributed by atoms with Gasteiger partial charge in [-0.3, -0.25) is 4.79 Å². The zero-order valence-electron chi connectivity index (χ0n) is 13.6. The van der Waals surface area contributed by atoms with Crippen molar-refractivity contribution >= 4 is 29.2 Å². The van der Waals surface area contributed by atoms with Crippen LogP contribution in [0.4, 0.5) is 11.6 Å². The third-order valence-electron chi connectivity index (χ3n) is 4.25. The van der Waals surface area contributed by atoms with Gasteiger partial charge in [0.25, 0.3) is 5.91 Å². The highest BCUT2D eigenvalue weighted by molar-refractivity contribution is 6.37. The first-order valence-corrected chi connectivity index (χ1v) is 7.85. The molecule has 0 radical (unpaired) electrons. The average molecular weight is 315 g/mol. The fourth-order valence-corrected chi connectivity index (χ4v) is 2.98. The van der Waals surface area contributed by atoms with E-state index in [1.807, 2.05) is 72.4 Å². The zero-order valence-corrected chi connectivity index (χ0v) is 13.6. The number of nitrogens with zero attached hydrogens (tertiary/aromatic N) is 3. The number of amides is 1. The van der Waals surface area contributed by atoms with Crippen LogP contribution in [0.3, 0.4) is 0 Å². The van der Waals surface area contributed by atoms with Gasteiger partial charge in [0.05, 0.1) is 11.3 Å². The Labute approximate surface area is 140 Å². The van der Waals surface area contributed by atoms with Crippen LogP contribution in [0.25, 0.3) is 11.6 Å². The summed E-state index contributed by atoms with van der Waals surface area (Å²) in [5.74, 6) is 0.575. The van der Waals surface area contributed by atoms with E-state index in [-0.39, 0.29) is 5.91 Å². The van der Waals surface area contributed by atoms with E-state index >= 15 is 0 Å². The third kappa shape index (κ3) is 2.24. The maximum absolute atomic E-state index is 13.1. The molecule has 3 aromatic rings. The number of anilines is 2. The van der Waals surface area contributed by atoms with Crippen molar-refractivity contribution < 1.29 is 4.79 Å². The fourth-order valence-electron chi connectivity index (χ4n) is 2.98. The van der Waals surface area contributed by atoms with E-state index in [1.54, 1.807) is 11.1 Å². The Morgan fingerprint density at radius 2 is 1.79 bits per heavy atom. The first kappa shape index (κ1) is 14.5. The van der Waals surface area contributed by atoms with E-state index in [1.165, 1.54) is 5.56 Å². The summed E-state index contributed by atoms with van der Waals surface area (Å²) in [6.45, 7) is 2.05. The predicted octanol–water partition coefficient (Wildman–Crippen LogP) is 3.95. The van der Waals surface area contributed by atoms with Crippen molar-refractivity contribution in [2.45, 2.75) is 6.92 Å². The van der Waals surface area contributed by atoms with Gasteiger partial charge in [-0.15, -0.1) is 0 Å². The molecule has 1 aromatic heterocycles. The van der Waals surface area contributed by atoms with Crippen LogP contribution in [0.5, 0.6) is 0 Å². The van der Waals surface area contributed by atoms with Gasteiger partial charge in [0, 0.05) is 25.0 Å². The number of carbonyl (C=O) groups excluding carboxylic acids is 1.